The molecule has 2 aromatic carbocycles. The van der Waals surface area contributed by atoms with E-state index in [4.69, 9.17) is 16.3 Å². The minimum Gasteiger partial charge on any atom is -0.496 e. The van der Waals surface area contributed by atoms with Gasteiger partial charge < -0.3 is 15.0 Å². The van der Waals surface area contributed by atoms with E-state index in [-0.39, 0.29) is 17.7 Å². The summed E-state index contributed by atoms with van der Waals surface area (Å²) in [6.07, 6.45) is 0.824. The molecule has 142 valence electrons. The average Bonchev–Trinajstić information content (AvgIpc) is 2.66. The summed E-state index contributed by atoms with van der Waals surface area (Å²) < 4.78 is 5.25. The number of ether oxygens (including phenoxy) is 1. The Morgan fingerprint density at radius 1 is 1.15 bits per heavy atom. The van der Waals surface area contributed by atoms with Gasteiger partial charge in [-0.3, -0.25) is 9.59 Å². The molecule has 0 fully saturated rings. The Hall–Kier alpha value is -2.53. The number of nitrogens with one attached hydrogen (secondary N) is 1. The summed E-state index contributed by atoms with van der Waals surface area (Å²) in [7, 11) is 1.51. The molecule has 3 rings (SSSR count). The molecule has 0 saturated heterocycles. The smallest absolute Gasteiger partial charge is 0.259 e. The summed E-state index contributed by atoms with van der Waals surface area (Å²) in [6.45, 7) is 5.12. The van der Waals surface area contributed by atoms with Crippen molar-refractivity contribution in [1.82, 2.24) is 4.90 Å². The largest absolute Gasteiger partial charge is 0.496 e. The number of amides is 2. The summed E-state index contributed by atoms with van der Waals surface area (Å²) in [4.78, 5) is 26.8. The van der Waals surface area contributed by atoms with Crippen LogP contribution in [0.25, 0.3) is 0 Å². The third kappa shape index (κ3) is 4.25. The lowest BCUT2D eigenvalue weighted by Crippen LogP contribution is -2.38. The van der Waals surface area contributed by atoms with Crippen molar-refractivity contribution >= 4 is 29.1 Å². The molecule has 1 aliphatic rings. The van der Waals surface area contributed by atoms with Gasteiger partial charge in [0.05, 0.1) is 12.7 Å². The predicted octanol–water partition coefficient (Wildman–Crippen LogP) is 4.14. The molecule has 6 heteroatoms. The van der Waals surface area contributed by atoms with Crippen LogP contribution in [0.4, 0.5) is 5.69 Å². The number of benzene rings is 2. The van der Waals surface area contributed by atoms with Gasteiger partial charge in [0.15, 0.2) is 0 Å². The second-order valence-electron chi connectivity index (χ2n) is 6.95. The molecule has 27 heavy (non-hydrogen) atoms. The van der Waals surface area contributed by atoms with E-state index < -0.39 is 0 Å². The lowest BCUT2D eigenvalue weighted by Gasteiger charge is -2.30. The number of hydrogen-bond donors (Lipinski definition) is 1. The van der Waals surface area contributed by atoms with E-state index in [0.717, 1.165) is 18.5 Å². The first kappa shape index (κ1) is 19.2. The normalized spacial score (nSPS) is 13.3. The zero-order valence-electron chi connectivity index (χ0n) is 15.7. The minimum absolute atomic E-state index is 0.0234. The van der Waals surface area contributed by atoms with Crippen molar-refractivity contribution in [2.45, 2.75) is 26.8 Å². The van der Waals surface area contributed by atoms with Gasteiger partial charge in [-0.25, -0.2) is 0 Å². The number of halogens is 1. The molecule has 0 aliphatic carbocycles. The van der Waals surface area contributed by atoms with Gasteiger partial charge >= 0.3 is 0 Å². The quantitative estimate of drug-likeness (QED) is 0.859. The Labute approximate surface area is 164 Å². The first-order valence-corrected chi connectivity index (χ1v) is 9.32. The highest BCUT2D eigenvalue weighted by Crippen LogP contribution is 2.26. The molecule has 0 atom stereocenters. The fourth-order valence-corrected chi connectivity index (χ4v) is 3.42. The van der Waals surface area contributed by atoms with Crippen LogP contribution in [0, 0.1) is 5.92 Å². The zero-order chi connectivity index (χ0) is 19.6. The van der Waals surface area contributed by atoms with E-state index in [1.807, 2.05) is 36.9 Å². The van der Waals surface area contributed by atoms with Crippen molar-refractivity contribution in [2.24, 2.45) is 5.92 Å². The van der Waals surface area contributed by atoms with E-state index >= 15 is 0 Å². The topological polar surface area (TPSA) is 58.6 Å². The number of hydrogen-bond acceptors (Lipinski definition) is 3. The highest BCUT2D eigenvalue weighted by atomic mass is 35.5. The Bertz CT molecular complexity index is 880. The molecule has 0 unspecified atom stereocenters. The van der Waals surface area contributed by atoms with Gasteiger partial charge in [0.1, 0.15) is 5.75 Å². The van der Waals surface area contributed by atoms with Crippen molar-refractivity contribution in [3.8, 4) is 5.75 Å². The molecule has 1 heterocycles. The molecule has 2 aromatic rings. The van der Waals surface area contributed by atoms with Crippen molar-refractivity contribution in [3.05, 3.63) is 58.1 Å². The van der Waals surface area contributed by atoms with E-state index in [9.17, 15) is 9.59 Å². The lowest BCUT2D eigenvalue weighted by atomic mass is 9.98. The number of nitrogens with zero attached hydrogens (tertiary/aromatic N) is 1. The van der Waals surface area contributed by atoms with Crippen LogP contribution >= 0.6 is 11.6 Å². The van der Waals surface area contributed by atoms with Crippen LogP contribution in [0.3, 0.4) is 0 Å². The number of anilines is 1. The van der Waals surface area contributed by atoms with E-state index in [1.54, 1.807) is 18.2 Å². The van der Waals surface area contributed by atoms with Crippen LogP contribution < -0.4 is 10.1 Å². The standard InChI is InChI=1S/C21H23ClN2O3/c1-13(2)21(26)24-9-8-14-4-6-17(10-15(14)12-24)23-20(25)18-11-16(22)5-7-19(18)27-3/h4-7,10-11,13H,8-9,12H2,1-3H3,(H,23,25). The van der Waals surface area contributed by atoms with E-state index in [1.165, 1.54) is 12.7 Å². The second kappa shape index (κ2) is 8.01. The highest BCUT2D eigenvalue weighted by Gasteiger charge is 2.23. The number of carbonyl (C=O) groups is 2. The molecule has 0 radical (unpaired) electrons. The maximum atomic E-state index is 12.7. The molecular weight excluding hydrogens is 364 g/mol. The van der Waals surface area contributed by atoms with Gasteiger partial charge in [-0.15, -0.1) is 0 Å². The Morgan fingerprint density at radius 2 is 1.93 bits per heavy atom. The summed E-state index contributed by atoms with van der Waals surface area (Å²) in [5.74, 6) is 0.298. The average molecular weight is 387 g/mol. The van der Waals surface area contributed by atoms with Gasteiger partial charge in [-0.05, 0) is 47.9 Å². The van der Waals surface area contributed by atoms with Crippen LogP contribution in [0.1, 0.15) is 35.3 Å². The molecule has 2 amide bonds. The molecule has 0 saturated carbocycles. The number of carbonyl (C=O) groups excluding carboxylic acids is 2. The molecule has 0 bridgehead atoms. The van der Waals surface area contributed by atoms with Gasteiger partial charge in [0.25, 0.3) is 5.91 Å². The summed E-state index contributed by atoms with van der Waals surface area (Å²) >= 11 is 6.01. The fourth-order valence-electron chi connectivity index (χ4n) is 3.24. The lowest BCUT2D eigenvalue weighted by molar-refractivity contribution is -0.135. The Balaban J connectivity index is 1.80. The van der Waals surface area contributed by atoms with Gasteiger partial charge in [-0.1, -0.05) is 31.5 Å². The Morgan fingerprint density at radius 3 is 2.63 bits per heavy atom. The maximum absolute atomic E-state index is 12.7. The third-order valence-corrected chi connectivity index (χ3v) is 4.92. The molecule has 5 nitrogen and oxygen atoms in total. The maximum Gasteiger partial charge on any atom is 0.259 e. The molecular formula is C21H23ClN2O3. The van der Waals surface area contributed by atoms with E-state index in [2.05, 4.69) is 5.32 Å². The SMILES string of the molecule is COc1ccc(Cl)cc1C(=O)Nc1ccc2c(c1)CN(C(=O)C(C)C)CC2. The van der Waals surface area contributed by atoms with Crippen LogP contribution in [-0.2, 0) is 17.8 Å². The van der Waals surface area contributed by atoms with Gasteiger partial charge in [0, 0.05) is 29.7 Å². The summed E-state index contributed by atoms with van der Waals surface area (Å²) in [5, 5.41) is 3.36. The Kier molecular flexibility index (Phi) is 5.71. The monoisotopic (exact) mass is 386 g/mol. The third-order valence-electron chi connectivity index (χ3n) is 4.69. The number of fused-ring (bicyclic) bond motifs is 1. The zero-order valence-corrected chi connectivity index (χ0v) is 16.5. The number of rotatable bonds is 4. The van der Waals surface area contributed by atoms with Crippen molar-refractivity contribution in [2.75, 3.05) is 19.0 Å². The molecule has 1 N–H and O–H groups in total. The van der Waals surface area contributed by atoms with Crippen molar-refractivity contribution in [1.29, 1.82) is 0 Å². The fraction of sp³-hybridized carbons (Fsp3) is 0.333. The summed E-state index contributed by atoms with van der Waals surface area (Å²) in [6, 6.07) is 10.8. The van der Waals surface area contributed by atoms with Crippen LogP contribution in [-0.4, -0.2) is 30.4 Å². The van der Waals surface area contributed by atoms with Crippen LogP contribution in [0.5, 0.6) is 5.75 Å². The molecule has 0 aromatic heterocycles. The molecule has 0 spiro atoms. The second-order valence-corrected chi connectivity index (χ2v) is 7.38. The van der Waals surface area contributed by atoms with Gasteiger partial charge in [0.2, 0.25) is 5.91 Å². The van der Waals surface area contributed by atoms with Crippen LogP contribution in [0.2, 0.25) is 5.02 Å². The number of methoxy groups -OCH3 is 1. The van der Waals surface area contributed by atoms with Crippen LogP contribution in [0.15, 0.2) is 36.4 Å². The van der Waals surface area contributed by atoms with Crippen molar-refractivity contribution < 1.29 is 14.3 Å². The molecule has 1 aliphatic heterocycles. The van der Waals surface area contributed by atoms with Gasteiger partial charge in [-0.2, -0.15) is 0 Å². The first-order valence-electron chi connectivity index (χ1n) is 8.94. The predicted molar refractivity (Wildman–Crippen MR) is 106 cm³/mol. The summed E-state index contributed by atoms with van der Waals surface area (Å²) in [5.41, 5.74) is 3.33. The minimum atomic E-state index is -0.291. The van der Waals surface area contributed by atoms with E-state index in [0.29, 0.717) is 28.6 Å². The first-order chi connectivity index (χ1) is 12.9. The highest BCUT2D eigenvalue weighted by molar-refractivity contribution is 6.31. The van der Waals surface area contributed by atoms with Crippen molar-refractivity contribution in [3.63, 3.8) is 0 Å².